The summed E-state index contributed by atoms with van der Waals surface area (Å²) in [5, 5.41) is 0. The summed E-state index contributed by atoms with van der Waals surface area (Å²) in [5.41, 5.74) is 3.76. The molecule has 4 nitrogen and oxygen atoms in total. The van der Waals surface area contributed by atoms with Gasteiger partial charge in [-0.1, -0.05) is 36.4 Å². The van der Waals surface area contributed by atoms with Crippen LogP contribution >= 0.6 is 0 Å². The minimum Gasteiger partial charge on any atom is -0.334 e. The second kappa shape index (κ2) is 8.49. The van der Waals surface area contributed by atoms with Crippen molar-refractivity contribution in [3.8, 4) is 0 Å². The van der Waals surface area contributed by atoms with Gasteiger partial charge in [-0.15, -0.1) is 0 Å². The first-order chi connectivity index (χ1) is 13.3. The van der Waals surface area contributed by atoms with Crippen molar-refractivity contribution in [3.63, 3.8) is 0 Å². The van der Waals surface area contributed by atoms with Gasteiger partial charge in [0.2, 0.25) is 0 Å². The molecule has 140 valence electrons. The van der Waals surface area contributed by atoms with Gasteiger partial charge in [0.15, 0.2) is 0 Å². The molecule has 0 unspecified atom stereocenters. The summed E-state index contributed by atoms with van der Waals surface area (Å²) in [4.78, 5) is 12.0. The lowest BCUT2D eigenvalue weighted by Crippen LogP contribution is -2.33. The quantitative estimate of drug-likeness (QED) is 0.658. The summed E-state index contributed by atoms with van der Waals surface area (Å²) >= 11 is 0. The molecule has 0 radical (unpaired) electrons. The first kappa shape index (κ1) is 17.9. The molecule has 1 fully saturated rings. The fraction of sp³-hybridized carbons (Fsp3) is 0.391. The zero-order chi connectivity index (χ0) is 18.5. The van der Waals surface area contributed by atoms with Crippen molar-refractivity contribution in [1.82, 2.24) is 19.4 Å². The third-order valence-electron chi connectivity index (χ3n) is 5.57. The number of pyridine rings is 1. The van der Waals surface area contributed by atoms with Gasteiger partial charge in [-0.25, -0.2) is 4.98 Å². The number of benzene rings is 1. The smallest absolute Gasteiger partial charge is 0.122 e. The minimum atomic E-state index is 0.572. The third kappa shape index (κ3) is 4.45. The molecule has 0 N–H and O–H groups in total. The van der Waals surface area contributed by atoms with E-state index in [0.717, 1.165) is 32.6 Å². The standard InChI is InChI=1S/C23H28N4/c1-2-27-16-13-24-23(27)18-26-14-11-20(12-15-26)22-10-6-9-21(25-22)17-19-7-4-3-5-8-19/h3-10,13,16,20H,2,11-12,14-15,17-18H2,1H3. The number of aromatic nitrogens is 3. The molecule has 3 heterocycles. The van der Waals surface area contributed by atoms with E-state index < -0.39 is 0 Å². The molecule has 1 saturated heterocycles. The first-order valence-electron chi connectivity index (χ1n) is 10.0. The number of likely N-dealkylation sites (tertiary alicyclic amines) is 1. The van der Waals surface area contributed by atoms with Crippen LogP contribution in [0, 0.1) is 0 Å². The molecule has 27 heavy (non-hydrogen) atoms. The summed E-state index contributed by atoms with van der Waals surface area (Å²) in [6.07, 6.45) is 7.24. The molecule has 0 bridgehead atoms. The van der Waals surface area contributed by atoms with Crippen LogP contribution in [0.4, 0.5) is 0 Å². The van der Waals surface area contributed by atoms with Gasteiger partial charge in [0.25, 0.3) is 0 Å². The Labute approximate surface area is 161 Å². The lowest BCUT2D eigenvalue weighted by molar-refractivity contribution is 0.196. The van der Waals surface area contributed by atoms with Gasteiger partial charge in [0, 0.05) is 42.7 Å². The molecule has 4 heteroatoms. The molecule has 0 atom stereocenters. The molecule has 1 aliphatic rings. The molecule has 2 aromatic heterocycles. The molecule has 3 aromatic rings. The van der Waals surface area contributed by atoms with E-state index in [4.69, 9.17) is 4.98 Å². The fourth-order valence-corrected chi connectivity index (χ4v) is 4.00. The van der Waals surface area contributed by atoms with Gasteiger partial charge in [-0.05, 0) is 50.6 Å². The minimum absolute atomic E-state index is 0.572. The molecular formula is C23H28N4. The Morgan fingerprint density at radius 2 is 1.81 bits per heavy atom. The number of rotatable bonds is 6. The summed E-state index contributed by atoms with van der Waals surface area (Å²) in [7, 11) is 0. The molecule has 0 amide bonds. The molecule has 0 aliphatic carbocycles. The molecular weight excluding hydrogens is 332 g/mol. The highest BCUT2D eigenvalue weighted by molar-refractivity contribution is 5.23. The summed E-state index contributed by atoms with van der Waals surface area (Å²) in [5.74, 6) is 1.75. The van der Waals surface area contributed by atoms with E-state index in [-0.39, 0.29) is 0 Å². The van der Waals surface area contributed by atoms with Crippen LogP contribution in [-0.4, -0.2) is 32.5 Å². The number of hydrogen-bond acceptors (Lipinski definition) is 3. The molecule has 4 rings (SSSR count). The van der Waals surface area contributed by atoms with Gasteiger partial charge in [-0.2, -0.15) is 0 Å². The van der Waals surface area contributed by atoms with Crippen molar-refractivity contribution in [1.29, 1.82) is 0 Å². The first-order valence-corrected chi connectivity index (χ1v) is 10.0. The van der Waals surface area contributed by atoms with E-state index in [1.165, 1.54) is 35.6 Å². The second-order valence-corrected chi connectivity index (χ2v) is 7.40. The topological polar surface area (TPSA) is 34.0 Å². The number of hydrogen-bond donors (Lipinski definition) is 0. The van der Waals surface area contributed by atoms with Gasteiger partial charge in [-0.3, -0.25) is 9.88 Å². The Bertz CT molecular complexity index is 848. The second-order valence-electron chi connectivity index (χ2n) is 7.40. The van der Waals surface area contributed by atoms with Gasteiger partial charge in [0.1, 0.15) is 5.82 Å². The number of imidazole rings is 1. The maximum Gasteiger partial charge on any atom is 0.122 e. The third-order valence-corrected chi connectivity index (χ3v) is 5.57. The van der Waals surface area contributed by atoms with Crippen LogP contribution in [0.3, 0.4) is 0 Å². The van der Waals surface area contributed by atoms with Crippen LogP contribution in [0.15, 0.2) is 60.9 Å². The molecule has 1 aromatic carbocycles. The van der Waals surface area contributed by atoms with Gasteiger partial charge in [0.05, 0.1) is 6.54 Å². The SMILES string of the molecule is CCn1ccnc1CN1CCC(c2cccc(Cc3ccccc3)n2)CC1. The monoisotopic (exact) mass is 360 g/mol. The van der Waals surface area contributed by atoms with Crippen LogP contribution in [0.1, 0.15) is 48.5 Å². The van der Waals surface area contributed by atoms with Crippen LogP contribution in [0.2, 0.25) is 0 Å². The van der Waals surface area contributed by atoms with E-state index >= 15 is 0 Å². The maximum atomic E-state index is 4.98. The van der Waals surface area contributed by atoms with Crippen molar-refractivity contribution in [2.45, 2.75) is 45.2 Å². The predicted octanol–water partition coefficient (Wildman–Crippen LogP) is 4.27. The lowest BCUT2D eigenvalue weighted by Gasteiger charge is -2.31. The normalized spacial score (nSPS) is 15.9. The maximum absolute atomic E-state index is 4.98. The van der Waals surface area contributed by atoms with E-state index in [2.05, 4.69) is 76.1 Å². The van der Waals surface area contributed by atoms with Crippen molar-refractivity contribution in [2.24, 2.45) is 0 Å². The summed E-state index contributed by atoms with van der Waals surface area (Å²) in [6, 6.07) is 17.1. The Balaban J connectivity index is 1.36. The Morgan fingerprint density at radius 1 is 1.00 bits per heavy atom. The summed E-state index contributed by atoms with van der Waals surface area (Å²) in [6.45, 7) is 6.35. The predicted molar refractivity (Wildman–Crippen MR) is 109 cm³/mol. The Kier molecular flexibility index (Phi) is 5.64. The highest BCUT2D eigenvalue weighted by atomic mass is 15.2. The van der Waals surface area contributed by atoms with Crippen LogP contribution in [0.5, 0.6) is 0 Å². The molecule has 1 aliphatic heterocycles. The van der Waals surface area contributed by atoms with E-state index in [0.29, 0.717) is 5.92 Å². The highest BCUT2D eigenvalue weighted by Crippen LogP contribution is 2.27. The lowest BCUT2D eigenvalue weighted by atomic mass is 9.92. The van der Waals surface area contributed by atoms with Crippen molar-refractivity contribution >= 4 is 0 Å². The highest BCUT2D eigenvalue weighted by Gasteiger charge is 2.22. The average molecular weight is 361 g/mol. The van der Waals surface area contributed by atoms with E-state index in [1.54, 1.807) is 0 Å². The van der Waals surface area contributed by atoms with Crippen molar-refractivity contribution in [2.75, 3.05) is 13.1 Å². The summed E-state index contributed by atoms with van der Waals surface area (Å²) < 4.78 is 2.24. The Morgan fingerprint density at radius 3 is 2.59 bits per heavy atom. The number of aryl methyl sites for hydroxylation is 1. The Hall–Kier alpha value is -2.46. The zero-order valence-electron chi connectivity index (χ0n) is 16.1. The van der Waals surface area contributed by atoms with Crippen LogP contribution < -0.4 is 0 Å². The zero-order valence-corrected chi connectivity index (χ0v) is 16.1. The van der Waals surface area contributed by atoms with Gasteiger partial charge < -0.3 is 4.57 Å². The van der Waals surface area contributed by atoms with E-state index in [1.807, 2.05) is 6.20 Å². The number of nitrogens with zero attached hydrogens (tertiary/aromatic N) is 4. The van der Waals surface area contributed by atoms with Crippen LogP contribution in [0.25, 0.3) is 0 Å². The van der Waals surface area contributed by atoms with Crippen LogP contribution in [-0.2, 0) is 19.5 Å². The average Bonchev–Trinajstić information content (AvgIpc) is 3.17. The largest absolute Gasteiger partial charge is 0.334 e. The van der Waals surface area contributed by atoms with Crippen molar-refractivity contribution in [3.05, 3.63) is 83.7 Å². The van der Waals surface area contributed by atoms with E-state index in [9.17, 15) is 0 Å². The van der Waals surface area contributed by atoms with Crippen molar-refractivity contribution < 1.29 is 0 Å². The molecule has 0 saturated carbocycles. The van der Waals surface area contributed by atoms with Gasteiger partial charge >= 0.3 is 0 Å². The molecule has 0 spiro atoms. The number of piperidine rings is 1. The fourth-order valence-electron chi connectivity index (χ4n) is 4.00.